The molecular formula is C9H16N4. The third-order valence-corrected chi connectivity index (χ3v) is 2.96. The van der Waals surface area contributed by atoms with Gasteiger partial charge in [0, 0.05) is 13.0 Å². The van der Waals surface area contributed by atoms with Crippen molar-refractivity contribution in [2.45, 2.75) is 32.2 Å². The summed E-state index contributed by atoms with van der Waals surface area (Å²) in [6, 6.07) is 0. The van der Waals surface area contributed by atoms with Gasteiger partial charge >= 0.3 is 0 Å². The smallest absolute Gasteiger partial charge is 0.146 e. The normalized spacial score (nSPS) is 26.4. The lowest BCUT2D eigenvalue weighted by Crippen LogP contribution is -2.06. The van der Waals surface area contributed by atoms with E-state index in [1.165, 1.54) is 12.8 Å². The second-order valence-corrected chi connectivity index (χ2v) is 3.75. The van der Waals surface area contributed by atoms with E-state index in [1.807, 2.05) is 11.6 Å². The lowest BCUT2D eigenvalue weighted by atomic mass is 10.2. The highest BCUT2D eigenvalue weighted by Gasteiger charge is 2.40. The Morgan fingerprint density at radius 2 is 2.31 bits per heavy atom. The summed E-state index contributed by atoms with van der Waals surface area (Å²) in [6.45, 7) is 2.71. The highest BCUT2D eigenvalue weighted by Crippen LogP contribution is 2.48. The Hall–Kier alpha value is -0.900. The van der Waals surface area contributed by atoms with Crippen molar-refractivity contribution in [3.05, 3.63) is 11.6 Å². The summed E-state index contributed by atoms with van der Waals surface area (Å²) in [6.07, 6.45) is 2.52. The molecule has 2 N–H and O–H groups in total. The van der Waals surface area contributed by atoms with Crippen LogP contribution in [0.3, 0.4) is 0 Å². The van der Waals surface area contributed by atoms with Gasteiger partial charge in [0.2, 0.25) is 0 Å². The molecule has 2 atom stereocenters. The van der Waals surface area contributed by atoms with E-state index in [2.05, 4.69) is 17.1 Å². The van der Waals surface area contributed by atoms with Crippen LogP contribution in [0.5, 0.6) is 0 Å². The molecule has 1 saturated carbocycles. The molecule has 13 heavy (non-hydrogen) atoms. The third kappa shape index (κ3) is 1.35. The first-order valence-electron chi connectivity index (χ1n) is 4.86. The highest BCUT2D eigenvalue weighted by atomic mass is 15.3. The first kappa shape index (κ1) is 8.69. The minimum absolute atomic E-state index is 0.479. The van der Waals surface area contributed by atoms with Gasteiger partial charge in [-0.2, -0.15) is 0 Å². The summed E-state index contributed by atoms with van der Waals surface area (Å²) in [5.74, 6) is 3.47. The molecule has 2 rings (SSSR count). The van der Waals surface area contributed by atoms with Crippen molar-refractivity contribution in [2.75, 3.05) is 0 Å². The van der Waals surface area contributed by atoms with Crippen molar-refractivity contribution >= 4 is 0 Å². The van der Waals surface area contributed by atoms with Crippen LogP contribution in [-0.4, -0.2) is 14.8 Å². The quantitative estimate of drug-likeness (QED) is 0.748. The molecule has 0 aliphatic heterocycles. The van der Waals surface area contributed by atoms with E-state index in [0.717, 1.165) is 17.6 Å². The zero-order valence-electron chi connectivity index (χ0n) is 8.20. The van der Waals surface area contributed by atoms with Crippen molar-refractivity contribution in [3.8, 4) is 0 Å². The summed E-state index contributed by atoms with van der Waals surface area (Å²) in [5, 5.41) is 8.23. The first-order valence-corrected chi connectivity index (χ1v) is 4.86. The van der Waals surface area contributed by atoms with Crippen molar-refractivity contribution in [1.82, 2.24) is 14.8 Å². The molecule has 1 aromatic heterocycles. The SMILES string of the molecule is CC[C@@H]1C[C@H]1c1nnc(CN)n1C. The van der Waals surface area contributed by atoms with E-state index in [1.54, 1.807) is 0 Å². The van der Waals surface area contributed by atoms with Crippen LogP contribution in [0.15, 0.2) is 0 Å². The maximum absolute atomic E-state index is 5.53. The molecule has 1 aromatic rings. The van der Waals surface area contributed by atoms with Gasteiger partial charge in [-0.25, -0.2) is 0 Å². The van der Waals surface area contributed by atoms with Gasteiger partial charge in [-0.3, -0.25) is 0 Å². The maximum atomic E-state index is 5.53. The van der Waals surface area contributed by atoms with Gasteiger partial charge in [-0.05, 0) is 12.3 Å². The van der Waals surface area contributed by atoms with Gasteiger partial charge in [0.1, 0.15) is 11.6 Å². The maximum Gasteiger partial charge on any atom is 0.146 e. The number of rotatable bonds is 3. The molecule has 1 aliphatic rings. The average Bonchev–Trinajstić information content (AvgIpc) is 2.83. The molecule has 72 valence electrons. The van der Waals surface area contributed by atoms with Gasteiger partial charge in [-0.15, -0.1) is 10.2 Å². The van der Waals surface area contributed by atoms with Crippen LogP contribution in [0.1, 0.15) is 37.3 Å². The van der Waals surface area contributed by atoms with Crippen molar-refractivity contribution in [3.63, 3.8) is 0 Å². The van der Waals surface area contributed by atoms with Gasteiger partial charge in [0.15, 0.2) is 0 Å². The summed E-state index contributed by atoms with van der Waals surface area (Å²) < 4.78 is 2.04. The molecule has 0 aromatic carbocycles. The summed E-state index contributed by atoms with van der Waals surface area (Å²) in [7, 11) is 2.00. The zero-order chi connectivity index (χ0) is 9.42. The van der Waals surface area contributed by atoms with Crippen LogP contribution in [0.25, 0.3) is 0 Å². The van der Waals surface area contributed by atoms with Gasteiger partial charge in [0.25, 0.3) is 0 Å². The van der Waals surface area contributed by atoms with Gasteiger partial charge in [-0.1, -0.05) is 13.3 Å². The third-order valence-electron chi connectivity index (χ3n) is 2.96. The Kier molecular flexibility index (Phi) is 2.07. The topological polar surface area (TPSA) is 56.7 Å². The second kappa shape index (κ2) is 3.10. The molecule has 1 aliphatic carbocycles. The predicted molar refractivity (Wildman–Crippen MR) is 50.0 cm³/mol. The predicted octanol–water partition coefficient (Wildman–Crippen LogP) is 0.787. The molecule has 0 bridgehead atoms. The second-order valence-electron chi connectivity index (χ2n) is 3.75. The first-order chi connectivity index (χ1) is 6.27. The molecule has 4 heteroatoms. The fourth-order valence-electron chi connectivity index (χ4n) is 1.89. The van der Waals surface area contributed by atoms with Crippen molar-refractivity contribution < 1.29 is 0 Å². The minimum Gasteiger partial charge on any atom is -0.324 e. The number of aromatic nitrogens is 3. The van der Waals surface area contributed by atoms with Crippen LogP contribution in [0.2, 0.25) is 0 Å². The van der Waals surface area contributed by atoms with E-state index in [4.69, 9.17) is 5.73 Å². The minimum atomic E-state index is 0.479. The Balaban J connectivity index is 2.18. The molecule has 0 spiro atoms. The largest absolute Gasteiger partial charge is 0.324 e. The van der Waals surface area contributed by atoms with E-state index >= 15 is 0 Å². The fourth-order valence-corrected chi connectivity index (χ4v) is 1.89. The molecule has 1 heterocycles. The van der Waals surface area contributed by atoms with Crippen molar-refractivity contribution in [2.24, 2.45) is 18.7 Å². The Morgan fingerprint density at radius 1 is 1.54 bits per heavy atom. The molecule has 1 fully saturated rings. The van der Waals surface area contributed by atoms with Crippen LogP contribution >= 0.6 is 0 Å². The summed E-state index contributed by atoms with van der Waals surface area (Å²) in [5.41, 5.74) is 5.53. The van der Waals surface area contributed by atoms with Crippen LogP contribution in [0.4, 0.5) is 0 Å². The Bertz CT molecular complexity index is 305. The molecule has 0 amide bonds. The van der Waals surface area contributed by atoms with E-state index in [0.29, 0.717) is 12.5 Å². The summed E-state index contributed by atoms with van der Waals surface area (Å²) in [4.78, 5) is 0. The monoisotopic (exact) mass is 180 g/mol. The number of hydrogen-bond acceptors (Lipinski definition) is 3. The Labute approximate surface area is 78.1 Å². The number of nitrogens with zero attached hydrogens (tertiary/aromatic N) is 3. The van der Waals surface area contributed by atoms with Crippen molar-refractivity contribution in [1.29, 1.82) is 0 Å². The molecular weight excluding hydrogens is 164 g/mol. The summed E-state index contributed by atoms with van der Waals surface area (Å²) >= 11 is 0. The number of nitrogens with two attached hydrogens (primary N) is 1. The van der Waals surface area contributed by atoms with Gasteiger partial charge in [0.05, 0.1) is 6.54 Å². The average molecular weight is 180 g/mol. The van der Waals surface area contributed by atoms with E-state index in [9.17, 15) is 0 Å². The lowest BCUT2D eigenvalue weighted by Gasteiger charge is -2.00. The standard InChI is InChI=1S/C9H16N4/c1-3-6-4-7(6)9-12-11-8(5-10)13(9)2/h6-7H,3-5,10H2,1-2H3/t6-,7-/m1/s1. The van der Waals surface area contributed by atoms with E-state index in [-0.39, 0.29) is 0 Å². The molecule has 0 unspecified atom stereocenters. The zero-order valence-corrected chi connectivity index (χ0v) is 8.20. The lowest BCUT2D eigenvalue weighted by molar-refractivity contribution is 0.696. The van der Waals surface area contributed by atoms with E-state index < -0.39 is 0 Å². The highest BCUT2D eigenvalue weighted by molar-refractivity contribution is 5.11. The number of hydrogen-bond donors (Lipinski definition) is 1. The molecule has 4 nitrogen and oxygen atoms in total. The van der Waals surface area contributed by atoms with Crippen LogP contribution in [-0.2, 0) is 13.6 Å². The van der Waals surface area contributed by atoms with Crippen LogP contribution < -0.4 is 5.73 Å². The van der Waals surface area contributed by atoms with Crippen LogP contribution in [0, 0.1) is 5.92 Å². The fraction of sp³-hybridized carbons (Fsp3) is 0.778. The molecule has 0 saturated heterocycles. The Morgan fingerprint density at radius 3 is 2.77 bits per heavy atom. The van der Waals surface area contributed by atoms with Gasteiger partial charge < -0.3 is 10.3 Å². The molecule has 0 radical (unpaired) electrons.